The molecular formula is C10H21NO. The van der Waals surface area contributed by atoms with E-state index in [1.165, 1.54) is 38.5 Å². The van der Waals surface area contributed by atoms with Crippen LogP contribution in [0.5, 0.6) is 0 Å². The van der Waals surface area contributed by atoms with E-state index in [9.17, 15) is 0 Å². The van der Waals surface area contributed by atoms with Crippen molar-refractivity contribution in [2.24, 2.45) is 5.92 Å². The van der Waals surface area contributed by atoms with Gasteiger partial charge in [-0.25, -0.2) is 5.48 Å². The number of hydroxylamine groups is 1. The standard InChI is InChI=1S/C10H21NO/c1-2-12-11-9-8-10-6-4-3-5-7-10/h10-11H,2-9H2,1H3. The third-order valence-corrected chi connectivity index (χ3v) is 2.63. The monoisotopic (exact) mass is 171 g/mol. The van der Waals surface area contributed by atoms with Crippen molar-refractivity contribution in [2.75, 3.05) is 13.2 Å². The lowest BCUT2D eigenvalue weighted by Gasteiger charge is -2.21. The Morgan fingerprint density at radius 1 is 1.25 bits per heavy atom. The zero-order valence-corrected chi connectivity index (χ0v) is 8.14. The highest BCUT2D eigenvalue weighted by Crippen LogP contribution is 2.25. The Morgan fingerprint density at radius 3 is 2.67 bits per heavy atom. The molecule has 1 rings (SSSR count). The molecule has 72 valence electrons. The van der Waals surface area contributed by atoms with Crippen molar-refractivity contribution in [3.63, 3.8) is 0 Å². The van der Waals surface area contributed by atoms with Gasteiger partial charge in [0.1, 0.15) is 0 Å². The fourth-order valence-electron chi connectivity index (χ4n) is 1.91. The molecule has 1 N–H and O–H groups in total. The summed E-state index contributed by atoms with van der Waals surface area (Å²) in [5.74, 6) is 0.965. The predicted molar refractivity (Wildman–Crippen MR) is 50.8 cm³/mol. The third kappa shape index (κ3) is 4.07. The fraction of sp³-hybridized carbons (Fsp3) is 1.00. The van der Waals surface area contributed by atoms with Crippen LogP contribution in [0.2, 0.25) is 0 Å². The van der Waals surface area contributed by atoms with Gasteiger partial charge in [0.2, 0.25) is 0 Å². The van der Waals surface area contributed by atoms with Gasteiger partial charge in [0, 0.05) is 6.54 Å². The zero-order chi connectivity index (χ0) is 8.65. The van der Waals surface area contributed by atoms with Crippen LogP contribution in [0.1, 0.15) is 45.4 Å². The van der Waals surface area contributed by atoms with E-state index in [-0.39, 0.29) is 0 Å². The van der Waals surface area contributed by atoms with Crippen LogP contribution >= 0.6 is 0 Å². The van der Waals surface area contributed by atoms with E-state index in [2.05, 4.69) is 5.48 Å². The van der Waals surface area contributed by atoms with Crippen molar-refractivity contribution in [3.8, 4) is 0 Å². The first-order valence-electron chi connectivity index (χ1n) is 5.28. The molecule has 1 aliphatic rings. The van der Waals surface area contributed by atoms with Crippen molar-refractivity contribution in [1.29, 1.82) is 0 Å². The van der Waals surface area contributed by atoms with E-state index in [1.807, 2.05) is 6.92 Å². The largest absolute Gasteiger partial charge is 0.302 e. The van der Waals surface area contributed by atoms with Gasteiger partial charge in [-0.15, -0.1) is 0 Å². The summed E-state index contributed by atoms with van der Waals surface area (Å²) in [6.07, 6.45) is 8.51. The van der Waals surface area contributed by atoms with Gasteiger partial charge in [-0.1, -0.05) is 32.1 Å². The van der Waals surface area contributed by atoms with Crippen LogP contribution in [0.3, 0.4) is 0 Å². The smallest absolute Gasteiger partial charge is 0.0653 e. The van der Waals surface area contributed by atoms with Crippen LogP contribution in [0.25, 0.3) is 0 Å². The molecule has 0 amide bonds. The van der Waals surface area contributed by atoms with Crippen LogP contribution in [-0.2, 0) is 4.84 Å². The molecule has 0 saturated heterocycles. The molecule has 0 aromatic carbocycles. The summed E-state index contributed by atoms with van der Waals surface area (Å²) < 4.78 is 0. The molecule has 0 aromatic rings. The summed E-state index contributed by atoms with van der Waals surface area (Å²) in [6.45, 7) is 3.80. The summed E-state index contributed by atoms with van der Waals surface area (Å²) in [7, 11) is 0. The normalized spacial score (nSPS) is 19.8. The second-order valence-corrected chi connectivity index (χ2v) is 3.62. The van der Waals surface area contributed by atoms with Gasteiger partial charge in [-0.2, -0.15) is 0 Å². The Morgan fingerprint density at radius 2 is 2.00 bits per heavy atom. The first-order chi connectivity index (χ1) is 5.93. The van der Waals surface area contributed by atoms with E-state index in [1.54, 1.807) is 0 Å². The van der Waals surface area contributed by atoms with E-state index in [0.29, 0.717) is 0 Å². The van der Waals surface area contributed by atoms with E-state index < -0.39 is 0 Å². The molecule has 0 atom stereocenters. The van der Waals surface area contributed by atoms with Crippen LogP contribution in [0, 0.1) is 5.92 Å². The molecule has 0 spiro atoms. The van der Waals surface area contributed by atoms with Crippen LogP contribution < -0.4 is 5.48 Å². The highest BCUT2D eigenvalue weighted by atomic mass is 16.6. The van der Waals surface area contributed by atoms with Crippen molar-refractivity contribution >= 4 is 0 Å². The minimum absolute atomic E-state index is 0.769. The molecule has 1 saturated carbocycles. The average Bonchev–Trinajstić information content (AvgIpc) is 2.14. The van der Waals surface area contributed by atoms with Crippen LogP contribution in [0.4, 0.5) is 0 Å². The van der Waals surface area contributed by atoms with Crippen LogP contribution in [-0.4, -0.2) is 13.2 Å². The number of nitrogens with one attached hydrogen (secondary N) is 1. The van der Waals surface area contributed by atoms with E-state index >= 15 is 0 Å². The minimum Gasteiger partial charge on any atom is -0.302 e. The van der Waals surface area contributed by atoms with Crippen molar-refractivity contribution in [3.05, 3.63) is 0 Å². The fourth-order valence-corrected chi connectivity index (χ4v) is 1.91. The minimum atomic E-state index is 0.769. The van der Waals surface area contributed by atoms with Gasteiger partial charge in [0.15, 0.2) is 0 Å². The molecule has 0 unspecified atom stereocenters. The summed E-state index contributed by atoms with van der Waals surface area (Å²) in [5.41, 5.74) is 2.98. The zero-order valence-electron chi connectivity index (χ0n) is 8.14. The summed E-state index contributed by atoms with van der Waals surface area (Å²) in [5, 5.41) is 0. The summed E-state index contributed by atoms with van der Waals surface area (Å²) in [6, 6.07) is 0. The molecule has 12 heavy (non-hydrogen) atoms. The average molecular weight is 171 g/mol. The number of hydrogen-bond donors (Lipinski definition) is 1. The Kier molecular flexibility index (Phi) is 5.37. The van der Waals surface area contributed by atoms with Crippen molar-refractivity contribution < 1.29 is 4.84 Å². The third-order valence-electron chi connectivity index (χ3n) is 2.63. The maximum atomic E-state index is 5.07. The van der Waals surface area contributed by atoms with Crippen molar-refractivity contribution in [2.45, 2.75) is 45.4 Å². The van der Waals surface area contributed by atoms with E-state index in [0.717, 1.165) is 19.1 Å². The lowest BCUT2D eigenvalue weighted by molar-refractivity contribution is 0.0465. The molecule has 2 nitrogen and oxygen atoms in total. The maximum absolute atomic E-state index is 5.07. The quantitative estimate of drug-likeness (QED) is 0.507. The first-order valence-corrected chi connectivity index (χ1v) is 5.28. The Hall–Kier alpha value is -0.0800. The van der Waals surface area contributed by atoms with Gasteiger partial charge in [0.25, 0.3) is 0 Å². The topological polar surface area (TPSA) is 21.3 Å². The SMILES string of the molecule is CCONCCC1CCCCC1. The van der Waals surface area contributed by atoms with Gasteiger partial charge in [-0.3, -0.25) is 0 Å². The highest BCUT2D eigenvalue weighted by Gasteiger charge is 2.12. The molecule has 0 bridgehead atoms. The van der Waals surface area contributed by atoms with Gasteiger partial charge in [0.05, 0.1) is 6.61 Å². The Balaban J connectivity index is 1.91. The summed E-state index contributed by atoms with van der Waals surface area (Å²) >= 11 is 0. The molecule has 2 heteroatoms. The second kappa shape index (κ2) is 6.44. The van der Waals surface area contributed by atoms with Gasteiger partial charge >= 0.3 is 0 Å². The summed E-state index contributed by atoms with van der Waals surface area (Å²) in [4.78, 5) is 5.07. The first kappa shape index (κ1) is 10.0. The van der Waals surface area contributed by atoms with E-state index in [4.69, 9.17) is 4.84 Å². The van der Waals surface area contributed by atoms with Crippen LogP contribution in [0.15, 0.2) is 0 Å². The molecular weight excluding hydrogens is 150 g/mol. The maximum Gasteiger partial charge on any atom is 0.0653 e. The number of hydrogen-bond acceptors (Lipinski definition) is 2. The molecule has 0 heterocycles. The molecule has 1 fully saturated rings. The van der Waals surface area contributed by atoms with Gasteiger partial charge < -0.3 is 4.84 Å². The molecule has 1 aliphatic carbocycles. The Labute approximate surface area is 75.6 Å². The van der Waals surface area contributed by atoms with Gasteiger partial charge in [-0.05, 0) is 19.3 Å². The molecule has 0 aliphatic heterocycles. The second-order valence-electron chi connectivity index (χ2n) is 3.62. The highest BCUT2D eigenvalue weighted by molar-refractivity contribution is 4.65. The molecule has 0 radical (unpaired) electrons. The Bertz CT molecular complexity index is 100. The van der Waals surface area contributed by atoms with Crippen molar-refractivity contribution in [1.82, 2.24) is 5.48 Å². The lowest BCUT2D eigenvalue weighted by Crippen LogP contribution is -2.19. The lowest BCUT2D eigenvalue weighted by atomic mass is 9.87. The predicted octanol–water partition coefficient (Wildman–Crippen LogP) is 2.50. The number of rotatable bonds is 5. The molecule has 0 aromatic heterocycles.